The molecule has 0 radical (unpaired) electrons. The topological polar surface area (TPSA) is 90.5 Å². The van der Waals surface area contributed by atoms with Gasteiger partial charge in [0.25, 0.3) is 0 Å². The third-order valence-corrected chi connectivity index (χ3v) is 4.54. The van der Waals surface area contributed by atoms with E-state index in [9.17, 15) is 14.4 Å². The first kappa shape index (κ1) is 21.1. The lowest BCUT2D eigenvalue weighted by Gasteiger charge is -2.27. The Labute approximate surface area is 165 Å². The average molecular weight is 382 g/mol. The number of likely N-dealkylation sites (N-methyl/N-ethyl adjacent to an activating group) is 1. The molecule has 0 saturated heterocycles. The van der Waals surface area contributed by atoms with Crippen LogP contribution >= 0.6 is 0 Å². The van der Waals surface area contributed by atoms with Gasteiger partial charge in [0, 0.05) is 12.7 Å². The Morgan fingerprint density at radius 2 is 1.68 bits per heavy atom. The largest absolute Gasteiger partial charge is 0.341 e. The molecule has 0 fully saturated rings. The van der Waals surface area contributed by atoms with Crippen LogP contribution in [0.3, 0.4) is 0 Å². The molecule has 1 atom stereocenters. The highest BCUT2D eigenvalue weighted by Crippen LogP contribution is 2.21. The van der Waals surface area contributed by atoms with Crippen molar-refractivity contribution in [3.05, 3.63) is 65.2 Å². The quantitative estimate of drug-likeness (QED) is 0.715. The first-order chi connectivity index (χ1) is 13.3. The van der Waals surface area contributed by atoms with Crippen LogP contribution in [0.1, 0.15) is 22.7 Å². The SMILES string of the molecule is CNC(=O)NC(=O)[C@H](c1ccccc1)N(C)CC(=O)Nc1cccc(C)c1C. The maximum Gasteiger partial charge on any atom is 0.321 e. The van der Waals surface area contributed by atoms with Crippen molar-refractivity contribution >= 4 is 23.5 Å². The fraction of sp³-hybridized carbons (Fsp3) is 0.286. The number of carbonyl (C=O) groups is 3. The standard InChI is InChI=1S/C21H26N4O3/c1-14-9-8-12-17(15(14)2)23-18(26)13-25(4)19(16-10-6-5-7-11-16)20(27)24-21(28)22-3/h5-12,19H,13H2,1-4H3,(H,23,26)(H2,22,24,27,28)/t19-/m0/s1. The number of hydrogen-bond acceptors (Lipinski definition) is 4. The highest BCUT2D eigenvalue weighted by molar-refractivity contribution is 5.98. The lowest BCUT2D eigenvalue weighted by Crippen LogP contribution is -2.46. The van der Waals surface area contributed by atoms with Gasteiger partial charge in [0.15, 0.2) is 0 Å². The van der Waals surface area contributed by atoms with Crippen LogP contribution in [0.4, 0.5) is 10.5 Å². The zero-order valence-electron chi connectivity index (χ0n) is 16.6. The van der Waals surface area contributed by atoms with Crippen LogP contribution in [0.25, 0.3) is 0 Å². The molecule has 2 aromatic carbocycles. The summed E-state index contributed by atoms with van der Waals surface area (Å²) in [6.45, 7) is 3.90. The highest BCUT2D eigenvalue weighted by Gasteiger charge is 2.27. The normalized spacial score (nSPS) is 11.6. The third-order valence-electron chi connectivity index (χ3n) is 4.54. The van der Waals surface area contributed by atoms with Crippen molar-refractivity contribution in [3.8, 4) is 0 Å². The van der Waals surface area contributed by atoms with Crippen LogP contribution in [0, 0.1) is 13.8 Å². The summed E-state index contributed by atoms with van der Waals surface area (Å²) in [5.74, 6) is -0.752. The van der Waals surface area contributed by atoms with Gasteiger partial charge in [-0.3, -0.25) is 19.8 Å². The minimum atomic E-state index is -0.789. The number of anilines is 1. The minimum absolute atomic E-state index is 0.0197. The van der Waals surface area contributed by atoms with Gasteiger partial charge in [0.1, 0.15) is 6.04 Å². The van der Waals surface area contributed by atoms with Crippen molar-refractivity contribution in [1.29, 1.82) is 0 Å². The molecule has 0 bridgehead atoms. The predicted octanol–water partition coefficient (Wildman–Crippen LogP) is 2.37. The molecule has 0 saturated carbocycles. The average Bonchev–Trinajstić information content (AvgIpc) is 2.66. The molecular formula is C21H26N4O3. The van der Waals surface area contributed by atoms with Crippen LogP contribution in [0.2, 0.25) is 0 Å². The van der Waals surface area contributed by atoms with Gasteiger partial charge in [-0.2, -0.15) is 0 Å². The Balaban J connectivity index is 2.16. The number of imide groups is 1. The molecule has 0 aliphatic rings. The molecule has 0 aromatic heterocycles. The summed E-state index contributed by atoms with van der Waals surface area (Å²) in [4.78, 5) is 38.4. The van der Waals surface area contributed by atoms with Crippen molar-refractivity contribution in [1.82, 2.24) is 15.5 Å². The second-order valence-corrected chi connectivity index (χ2v) is 6.59. The van der Waals surface area contributed by atoms with E-state index >= 15 is 0 Å². The van der Waals surface area contributed by atoms with E-state index in [1.54, 1.807) is 36.2 Å². The summed E-state index contributed by atoms with van der Waals surface area (Å²) in [5, 5.41) is 7.53. The van der Waals surface area contributed by atoms with Gasteiger partial charge < -0.3 is 10.6 Å². The van der Waals surface area contributed by atoms with Crippen molar-refractivity contribution in [2.75, 3.05) is 26.0 Å². The van der Waals surface area contributed by atoms with Crippen molar-refractivity contribution in [2.45, 2.75) is 19.9 Å². The smallest absolute Gasteiger partial charge is 0.321 e. The second-order valence-electron chi connectivity index (χ2n) is 6.59. The van der Waals surface area contributed by atoms with Crippen molar-refractivity contribution in [3.63, 3.8) is 0 Å². The fourth-order valence-corrected chi connectivity index (χ4v) is 2.88. The molecular weight excluding hydrogens is 356 g/mol. The molecule has 3 N–H and O–H groups in total. The summed E-state index contributed by atoms with van der Waals surface area (Å²) in [6, 6.07) is 13.3. The summed E-state index contributed by atoms with van der Waals surface area (Å²) >= 11 is 0. The maximum atomic E-state index is 12.6. The van der Waals surface area contributed by atoms with E-state index in [0.717, 1.165) is 16.8 Å². The third kappa shape index (κ3) is 5.40. The lowest BCUT2D eigenvalue weighted by molar-refractivity contribution is -0.126. The molecule has 0 heterocycles. The number of urea groups is 1. The van der Waals surface area contributed by atoms with Crippen LogP contribution < -0.4 is 16.0 Å². The van der Waals surface area contributed by atoms with Gasteiger partial charge in [-0.15, -0.1) is 0 Å². The second kappa shape index (κ2) is 9.66. The maximum absolute atomic E-state index is 12.6. The van der Waals surface area contributed by atoms with E-state index in [4.69, 9.17) is 0 Å². The van der Waals surface area contributed by atoms with E-state index in [1.165, 1.54) is 7.05 Å². The molecule has 0 aliphatic heterocycles. The van der Waals surface area contributed by atoms with Crippen molar-refractivity contribution in [2.24, 2.45) is 0 Å². The molecule has 4 amide bonds. The van der Waals surface area contributed by atoms with Gasteiger partial charge in [-0.1, -0.05) is 42.5 Å². The van der Waals surface area contributed by atoms with E-state index in [1.807, 2.05) is 38.1 Å². The zero-order valence-corrected chi connectivity index (χ0v) is 16.6. The number of rotatable bonds is 6. The first-order valence-electron chi connectivity index (χ1n) is 8.97. The zero-order chi connectivity index (χ0) is 20.7. The molecule has 0 spiro atoms. The van der Waals surface area contributed by atoms with E-state index in [-0.39, 0.29) is 12.5 Å². The molecule has 28 heavy (non-hydrogen) atoms. The van der Waals surface area contributed by atoms with Crippen molar-refractivity contribution < 1.29 is 14.4 Å². The van der Waals surface area contributed by atoms with Gasteiger partial charge in [-0.25, -0.2) is 4.79 Å². The summed E-state index contributed by atoms with van der Waals surface area (Å²) < 4.78 is 0. The molecule has 7 nitrogen and oxygen atoms in total. The number of carbonyl (C=O) groups excluding carboxylic acids is 3. The number of nitrogens with one attached hydrogen (secondary N) is 3. The Hall–Kier alpha value is -3.19. The van der Waals surface area contributed by atoms with E-state index in [0.29, 0.717) is 5.56 Å². The lowest BCUT2D eigenvalue weighted by atomic mass is 10.0. The fourth-order valence-electron chi connectivity index (χ4n) is 2.88. The molecule has 0 unspecified atom stereocenters. The number of benzene rings is 2. The monoisotopic (exact) mass is 382 g/mol. The summed E-state index contributed by atoms with van der Waals surface area (Å²) in [7, 11) is 3.10. The minimum Gasteiger partial charge on any atom is -0.341 e. The molecule has 0 aliphatic carbocycles. The number of aryl methyl sites for hydroxylation is 1. The molecule has 148 valence electrons. The molecule has 2 aromatic rings. The number of hydrogen-bond donors (Lipinski definition) is 3. The predicted molar refractivity (Wildman–Crippen MR) is 109 cm³/mol. The first-order valence-corrected chi connectivity index (χ1v) is 8.97. The Morgan fingerprint density at radius 3 is 2.32 bits per heavy atom. The summed E-state index contributed by atoms with van der Waals surface area (Å²) in [5.41, 5.74) is 3.50. The van der Waals surface area contributed by atoms with Gasteiger partial charge in [0.2, 0.25) is 11.8 Å². The Bertz CT molecular complexity index is 852. The Kier molecular flexibility index (Phi) is 7.28. The Morgan fingerprint density at radius 1 is 1.00 bits per heavy atom. The van der Waals surface area contributed by atoms with Gasteiger partial charge >= 0.3 is 6.03 Å². The van der Waals surface area contributed by atoms with Gasteiger partial charge in [0.05, 0.1) is 6.54 Å². The molecule has 7 heteroatoms. The van der Waals surface area contributed by atoms with E-state index < -0.39 is 18.0 Å². The van der Waals surface area contributed by atoms with Crippen LogP contribution in [0.15, 0.2) is 48.5 Å². The number of amides is 4. The number of nitrogens with zero attached hydrogens (tertiary/aromatic N) is 1. The highest BCUT2D eigenvalue weighted by atomic mass is 16.2. The van der Waals surface area contributed by atoms with Gasteiger partial charge in [-0.05, 0) is 43.7 Å². The van der Waals surface area contributed by atoms with E-state index in [2.05, 4.69) is 16.0 Å². The van der Waals surface area contributed by atoms with Crippen LogP contribution in [-0.2, 0) is 9.59 Å². The van der Waals surface area contributed by atoms with Crippen LogP contribution in [-0.4, -0.2) is 43.4 Å². The van der Waals surface area contributed by atoms with Crippen LogP contribution in [0.5, 0.6) is 0 Å². The molecule has 2 rings (SSSR count). The summed E-state index contributed by atoms with van der Waals surface area (Å²) in [6.07, 6.45) is 0.